The van der Waals surface area contributed by atoms with E-state index in [9.17, 15) is 9.59 Å². The highest BCUT2D eigenvalue weighted by atomic mass is 79.9. The Labute approximate surface area is 192 Å². The van der Waals surface area contributed by atoms with Crippen LogP contribution in [-0.2, 0) is 14.3 Å². The first-order chi connectivity index (χ1) is 14.1. The van der Waals surface area contributed by atoms with E-state index in [1.807, 2.05) is 24.3 Å². The van der Waals surface area contributed by atoms with Crippen molar-refractivity contribution in [3.8, 4) is 0 Å². The number of hydrogen-bond donors (Lipinski definition) is 2. The first kappa shape index (κ1) is 22.1. The molecule has 3 aliphatic carbocycles. The number of nitrogens with one attached hydrogen (secondary N) is 2. The smallest absolute Gasteiger partial charge is 0.310 e. The lowest BCUT2D eigenvalue weighted by Crippen LogP contribution is -2.39. The predicted octanol–water partition coefficient (Wildman–Crippen LogP) is 4.40. The van der Waals surface area contributed by atoms with Gasteiger partial charge in [-0.2, -0.15) is 0 Å². The Morgan fingerprint density at radius 2 is 1.67 bits per heavy atom. The number of anilines is 1. The topological polar surface area (TPSA) is 67.4 Å². The fourth-order valence-corrected chi connectivity index (χ4v) is 6.69. The number of piperidine rings is 1. The lowest BCUT2D eigenvalue weighted by atomic mass is 9.78. The lowest BCUT2D eigenvalue weighted by molar-refractivity contribution is -0.156. The van der Waals surface area contributed by atoms with Gasteiger partial charge in [0.1, 0.15) is 0 Å². The van der Waals surface area contributed by atoms with Crippen LogP contribution < -0.4 is 10.6 Å². The molecule has 0 radical (unpaired) electrons. The largest absolute Gasteiger partial charge is 0.465 e. The molecule has 2 N–H and O–H groups in total. The van der Waals surface area contributed by atoms with Crippen molar-refractivity contribution in [2.75, 3.05) is 25.0 Å². The van der Waals surface area contributed by atoms with Crippen molar-refractivity contribution in [3.05, 3.63) is 28.7 Å². The minimum Gasteiger partial charge on any atom is -0.465 e. The average molecular weight is 498 g/mol. The molecule has 5 nitrogen and oxygen atoms in total. The van der Waals surface area contributed by atoms with Crippen molar-refractivity contribution in [3.63, 3.8) is 0 Å². The Morgan fingerprint density at radius 1 is 1.03 bits per heavy atom. The maximum atomic E-state index is 13.3. The number of rotatable bonds is 5. The van der Waals surface area contributed by atoms with Gasteiger partial charge in [0.15, 0.2) is 0 Å². The fraction of sp³-hybridized carbons (Fsp3) is 0.652. The van der Waals surface area contributed by atoms with E-state index in [0.29, 0.717) is 24.4 Å². The molecule has 1 heterocycles. The molecule has 164 valence electrons. The van der Waals surface area contributed by atoms with Gasteiger partial charge in [0.25, 0.3) is 0 Å². The van der Waals surface area contributed by atoms with Gasteiger partial charge in [0.05, 0.1) is 18.4 Å². The van der Waals surface area contributed by atoms with Gasteiger partial charge in [-0.25, -0.2) is 0 Å². The predicted molar refractivity (Wildman–Crippen MR) is 121 cm³/mol. The minimum absolute atomic E-state index is 0. The van der Waals surface area contributed by atoms with Gasteiger partial charge in [-0.05, 0) is 99.0 Å². The summed E-state index contributed by atoms with van der Waals surface area (Å²) in [6, 6.07) is 7.63. The highest BCUT2D eigenvalue weighted by molar-refractivity contribution is 9.10. The second-order valence-corrected chi connectivity index (χ2v) is 10.3. The normalized spacial score (nSPS) is 31.2. The Hall–Kier alpha value is -1.11. The lowest BCUT2D eigenvalue weighted by Gasteiger charge is -2.29. The molecule has 4 atom stereocenters. The standard InChI is InChI=1S/C23H29BrN2O3.ClH/c24-15-1-3-16(4-2-15)26-21(27)19-17-5-6-18(23(17)9-10-23)20(19)22(28)29-13-14-7-11-25-12-8-14;/h1-4,14,17-20,25H,5-13H2,(H,26,27);1H/t17-,18+,19+,20+;/m0./s1. The molecule has 1 aliphatic heterocycles. The van der Waals surface area contributed by atoms with Gasteiger partial charge in [0, 0.05) is 10.2 Å². The maximum absolute atomic E-state index is 13.3. The molecule has 4 fully saturated rings. The van der Waals surface area contributed by atoms with Crippen molar-refractivity contribution >= 4 is 45.9 Å². The Bertz CT molecular complexity index is 792. The molecule has 1 aromatic carbocycles. The molecule has 1 aromatic rings. The summed E-state index contributed by atoms with van der Waals surface area (Å²) in [7, 11) is 0. The second kappa shape index (κ2) is 8.79. The number of ether oxygens (including phenoxy) is 1. The quantitative estimate of drug-likeness (QED) is 0.592. The van der Waals surface area contributed by atoms with Crippen LogP contribution in [0.25, 0.3) is 0 Å². The van der Waals surface area contributed by atoms with Gasteiger partial charge in [-0.15, -0.1) is 12.4 Å². The molecule has 1 spiro atoms. The van der Waals surface area contributed by atoms with Crippen LogP contribution in [0, 0.1) is 35.0 Å². The summed E-state index contributed by atoms with van der Waals surface area (Å²) < 4.78 is 6.81. The zero-order chi connectivity index (χ0) is 20.0. The third-order valence-corrected chi connectivity index (χ3v) is 8.48. The van der Waals surface area contributed by atoms with Crippen LogP contribution in [0.2, 0.25) is 0 Å². The third-order valence-electron chi connectivity index (χ3n) is 7.95. The number of amides is 1. The Kier molecular flexibility index (Phi) is 6.48. The third kappa shape index (κ3) is 3.91. The Morgan fingerprint density at radius 3 is 2.30 bits per heavy atom. The zero-order valence-electron chi connectivity index (χ0n) is 17.1. The van der Waals surface area contributed by atoms with Crippen molar-refractivity contribution in [2.45, 2.75) is 38.5 Å². The molecule has 0 unspecified atom stereocenters. The molecule has 3 saturated carbocycles. The maximum Gasteiger partial charge on any atom is 0.310 e. The minimum atomic E-state index is -0.270. The van der Waals surface area contributed by atoms with Crippen LogP contribution in [0.3, 0.4) is 0 Å². The summed E-state index contributed by atoms with van der Waals surface area (Å²) in [5.74, 6) is 0.457. The number of carbonyl (C=O) groups excluding carboxylic acids is 2. The molecule has 1 amide bonds. The summed E-state index contributed by atoms with van der Waals surface area (Å²) in [6.45, 7) is 2.50. The summed E-state index contributed by atoms with van der Waals surface area (Å²) in [5, 5.41) is 6.43. The van der Waals surface area contributed by atoms with E-state index < -0.39 is 0 Å². The average Bonchev–Trinajstić information content (AvgIpc) is 3.41. The fourth-order valence-electron chi connectivity index (χ4n) is 6.43. The van der Waals surface area contributed by atoms with Crippen molar-refractivity contribution in [1.82, 2.24) is 5.32 Å². The summed E-state index contributed by atoms with van der Waals surface area (Å²) >= 11 is 3.43. The van der Waals surface area contributed by atoms with Crippen LogP contribution in [0.1, 0.15) is 38.5 Å². The van der Waals surface area contributed by atoms with Gasteiger partial charge in [-0.1, -0.05) is 15.9 Å². The van der Waals surface area contributed by atoms with Gasteiger partial charge >= 0.3 is 5.97 Å². The molecule has 2 bridgehead atoms. The van der Waals surface area contributed by atoms with Crippen LogP contribution in [0.15, 0.2) is 28.7 Å². The van der Waals surface area contributed by atoms with E-state index in [1.54, 1.807) is 0 Å². The van der Waals surface area contributed by atoms with Crippen molar-refractivity contribution in [1.29, 1.82) is 0 Å². The molecule has 0 aromatic heterocycles. The van der Waals surface area contributed by atoms with E-state index >= 15 is 0 Å². The highest BCUT2D eigenvalue weighted by Gasteiger charge is 2.72. The highest BCUT2D eigenvalue weighted by Crippen LogP contribution is 2.74. The molecule has 30 heavy (non-hydrogen) atoms. The first-order valence-corrected chi connectivity index (χ1v) is 11.8. The van der Waals surface area contributed by atoms with Crippen molar-refractivity contribution < 1.29 is 14.3 Å². The molecule has 4 aliphatic rings. The van der Waals surface area contributed by atoms with Crippen LogP contribution in [-0.4, -0.2) is 31.6 Å². The monoisotopic (exact) mass is 496 g/mol. The molecule has 7 heteroatoms. The SMILES string of the molecule is Cl.O=C(OCC1CCNCC1)[C@H]1[C@H](C(=O)Nc2ccc(Br)cc2)[C@@H]2CC[C@H]1C21CC1. The van der Waals surface area contributed by atoms with Gasteiger partial charge in [0.2, 0.25) is 5.91 Å². The van der Waals surface area contributed by atoms with E-state index in [1.165, 1.54) is 12.8 Å². The van der Waals surface area contributed by atoms with E-state index in [4.69, 9.17) is 4.74 Å². The number of esters is 1. The van der Waals surface area contributed by atoms with E-state index in [0.717, 1.165) is 48.9 Å². The van der Waals surface area contributed by atoms with Crippen molar-refractivity contribution in [2.24, 2.45) is 35.0 Å². The summed E-state index contributed by atoms with van der Waals surface area (Å²) in [4.78, 5) is 26.5. The zero-order valence-corrected chi connectivity index (χ0v) is 19.5. The Balaban J connectivity index is 0.00000218. The van der Waals surface area contributed by atoms with Gasteiger partial charge in [-0.3, -0.25) is 9.59 Å². The summed E-state index contributed by atoms with van der Waals surface area (Å²) in [6.07, 6.45) is 6.59. The van der Waals surface area contributed by atoms with Gasteiger partial charge < -0.3 is 15.4 Å². The molecular formula is C23H30BrClN2O3. The van der Waals surface area contributed by atoms with E-state index in [-0.39, 0.29) is 41.5 Å². The van der Waals surface area contributed by atoms with Crippen LogP contribution in [0.4, 0.5) is 5.69 Å². The number of halogens is 2. The molecular weight excluding hydrogens is 468 g/mol. The van der Waals surface area contributed by atoms with Crippen LogP contribution in [0.5, 0.6) is 0 Å². The number of hydrogen-bond acceptors (Lipinski definition) is 4. The van der Waals surface area contributed by atoms with Crippen LogP contribution >= 0.6 is 28.3 Å². The first-order valence-electron chi connectivity index (χ1n) is 11.0. The number of benzene rings is 1. The molecule has 5 rings (SSSR count). The van der Waals surface area contributed by atoms with E-state index in [2.05, 4.69) is 26.6 Å². The second-order valence-electron chi connectivity index (χ2n) is 9.39. The number of carbonyl (C=O) groups is 2. The molecule has 1 saturated heterocycles. The summed E-state index contributed by atoms with van der Waals surface area (Å²) in [5.41, 5.74) is 1.02.